The molecule has 0 aromatic carbocycles. The fraction of sp³-hybridized carbons (Fsp3) is 0.500. The molecule has 0 amide bonds. The lowest BCUT2D eigenvalue weighted by Crippen LogP contribution is -2.44. The Morgan fingerprint density at radius 3 is 3.00 bits per heavy atom. The first kappa shape index (κ1) is 16.7. The number of aromatic nitrogens is 3. The summed E-state index contributed by atoms with van der Waals surface area (Å²) in [6, 6.07) is 2.53. The minimum Gasteiger partial charge on any atom is -0.481 e. The summed E-state index contributed by atoms with van der Waals surface area (Å²) >= 11 is 0. The first-order valence-electron chi connectivity index (χ1n) is 7.19. The molecule has 1 atom stereocenters. The average molecular weight is 344 g/mol. The first-order chi connectivity index (χ1) is 11.5. The summed E-state index contributed by atoms with van der Waals surface area (Å²) < 4.78 is 53.6. The molecule has 2 aromatic heterocycles. The molecule has 1 fully saturated rings. The van der Waals surface area contributed by atoms with Gasteiger partial charge in [0.1, 0.15) is 6.04 Å². The Balaban J connectivity index is 1.82. The van der Waals surface area contributed by atoms with Crippen molar-refractivity contribution >= 4 is 0 Å². The third-order valence-electron chi connectivity index (χ3n) is 3.55. The topological polar surface area (TPSA) is 73.5 Å². The lowest BCUT2D eigenvalue weighted by Gasteiger charge is -2.33. The molecule has 2 aromatic rings. The lowest BCUT2D eigenvalue weighted by molar-refractivity contribution is -0.164. The molecule has 10 heteroatoms. The normalized spacial score (nSPS) is 19.4. The molecule has 0 N–H and O–H groups in total. The van der Waals surface area contributed by atoms with Gasteiger partial charge < -0.3 is 14.0 Å². The molecule has 24 heavy (non-hydrogen) atoms. The number of nitrogens with zero attached hydrogens (tertiary/aromatic N) is 4. The summed E-state index contributed by atoms with van der Waals surface area (Å²) in [5.74, 6) is 0.714. The van der Waals surface area contributed by atoms with Gasteiger partial charge in [0.15, 0.2) is 0 Å². The van der Waals surface area contributed by atoms with E-state index in [2.05, 4.69) is 15.1 Å². The van der Waals surface area contributed by atoms with Gasteiger partial charge in [0.25, 0.3) is 0 Å². The molecule has 0 spiro atoms. The van der Waals surface area contributed by atoms with Gasteiger partial charge in [-0.05, 0) is 6.07 Å². The van der Waals surface area contributed by atoms with Gasteiger partial charge in [-0.15, -0.1) is 0 Å². The highest BCUT2D eigenvalue weighted by Gasteiger charge is 2.38. The molecular formula is C14H15F3N4O3. The largest absolute Gasteiger partial charge is 0.481 e. The summed E-state index contributed by atoms with van der Waals surface area (Å²) in [5, 5.41) is 3.84. The Hall–Kier alpha value is -2.20. The molecule has 1 unspecified atom stereocenters. The van der Waals surface area contributed by atoms with Crippen LogP contribution in [0.3, 0.4) is 0 Å². The molecule has 0 bridgehead atoms. The van der Waals surface area contributed by atoms with Crippen molar-refractivity contribution in [1.82, 2.24) is 20.0 Å². The van der Waals surface area contributed by atoms with E-state index in [9.17, 15) is 13.2 Å². The first-order valence-corrected chi connectivity index (χ1v) is 7.19. The summed E-state index contributed by atoms with van der Waals surface area (Å²) in [7, 11) is 1.47. The number of alkyl halides is 3. The van der Waals surface area contributed by atoms with Crippen molar-refractivity contribution in [2.45, 2.75) is 12.2 Å². The molecule has 1 aliphatic heterocycles. The van der Waals surface area contributed by atoms with Gasteiger partial charge >= 0.3 is 6.18 Å². The third kappa shape index (κ3) is 3.82. The fourth-order valence-corrected chi connectivity index (χ4v) is 2.43. The fourth-order valence-electron chi connectivity index (χ4n) is 2.43. The van der Waals surface area contributed by atoms with E-state index in [1.165, 1.54) is 18.2 Å². The Kier molecular flexibility index (Phi) is 4.67. The number of hydrogen-bond donors (Lipinski definition) is 0. The smallest absolute Gasteiger partial charge is 0.401 e. The van der Waals surface area contributed by atoms with Crippen LogP contribution in [0.2, 0.25) is 0 Å². The highest BCUT2D eigenvalue weighted by molar-refractivity contribution is 5.55. The molecule has 130 valence electrons. The van der Waals surface area contributed by atoms with Crippen LogP contribution in [-0.2, 0) is 4.74 Å². The van der Waals surface area contributed by atoms with Gasteiger partial charge in [0.2, 0.25) is 17.6 Å². The van der Waals surface area contributed by atoms with Crippen molar-refractivity contribution in [3.8, 4) is 17.3 Å². The predicted molar refractivity (Wildman–Crippen MR) is 75.3 cm³/mol. The van der Waals surface area contributed by atoms with Crippen molar-refractivity contribution in [2.24, 2.45) is 0 Å². The number of morpholine rings is 1. The van der Waals surface area contributed by atoms with E-state index < -0.39 is 18.8 Å². The van der Waals surface area contributed by atoms with Crippen LogP contribution in [0.15, 0.2) is 22.9 Å². The van der Waals surface area contributed by atoms with Crippen LogP contribution in [0.25, 0.3) is 11.4 Å². The zero-order chi connectivity index (χ0) is 17.2. The number of methoxy groups -OCH3 is 1. The summed E-state index contributed by atoms with van der Waals surface area (Å²) in [6.07, 6.45) is -2.79. The van der Waals surface area contributed by atoms with Crippen LogP contribution < -0.4 is 4.74 Å². The van der Waals surface area contributed by atoms with Gasteiger partial charge in [0.05, 0.1) is 26.9 Å². The minimum atomic E-state index is -4.31. The highest BCUT2D eigenvalue weighted by Crippen LogP contribution is 2.29. The van der Waals surface area contributed by atoms with Gasteiger partial charge in [-0.2, -0.15) is 18.2 Å². The molecule has 0 radical (unpaired) electrons. The quantitative estimate of drug-likeness (QED) is 0.841. The van der Waals surface area contributed by atoms with E-state index in [0.29, 0.717) is 11.4 Å². The zero-order valence-electron chi connectivity index (χ0n) is 12.8. The molecular weight excluding hydrogens is 329 g/mol. The van der Waals surface area contributed by atoms with E-state index in [1.54, 1.807) is 12.1 Å². The third-order valence-corrected chi connectivity index (χ3v) is 3.55. The van der Waals surface area contributed by atoms with Gasteiger partial charge in [0, 0.05) is 24.4 Å². The van der Waals surface area contributed by atoms with E-state index in [-0.39, 0.29) is 31.5 Å². The van der Waals surface area contributed by atoms with Crippen molar-refractivity contribution in [1.29, 1.82) is 0 Å². The number of ether oxygens (including phenoxy) is 2. The van der Waals surface area contributed by atoms with Gasteiger partial charge in [-0.25, -0.2) is 4.98 Å². The molecule has 0 aliphatic carbocycles. The second-order valence-corrected chi connectivity index (χ2v) is 5.22. The van der Waals surface area contributed by atoms with E-state index in [0.717, 1.165) is 0 Å². The van der Waals surface area contributed by atoms with Crippen molar-refractivity contribution in [3.05, 3.63) is 24.2 Å². The summed E-state index contributed by atoms with van der Waals surface area (Å²) in [5.41, 5.74) is 0.593. The van der Waals surface area contributed by atoms with Crippen LogP contribution in [0.1, 0.15) is 11.9 Å². The molecule has 3 heterocycles. The Morgan fingerprint density at radius 2 is 2.25 bits per heavy atom. The number of rotatable bonds is 4. The lowest BCUT2D eigenvalue weighted by atomic mass is 10.2. The number of halogens is 3. The van der Waals surface area contributed by atoms with Crippen LogP contribution in [0.4, 0.5) is 13.2 Å². The second-order valence-electron chi connectivity index (χ2n) is 5.22. The van der Waals surface area contributed by atoms with Gasteiger partial charge in [-0.1, -0.05) is 5.16 Å². The summed E-state index contributed by atoms with van der Waals surface area (Å²) in [4.78, 5) is 9.41. The summed E-state index contributed by atoms with van der Waals surface area (Å²) in [6.45, 7) is -0.612. The molecule has 0 saturated carbocycles. The van der Waals surface area contributed by atoms with E-state index in [4.69, 9.17) is 14.0 Å². The molecule has 1 saturated heterocycles. The Labute approximate surface area is 135 Å². The van der Waals surface area contributed by atoms with Crippen LogP contribution in [-0.4, -0.2) is 59.6 Å². The Bertz CT molecular complexity index is 692. The zero-order valence-corrected chi connectivity index (χ0v) is 12.8. The second kappa shape index (κ2) is 6.73. The maximum atomic E-state index is 12.7. The van der Waals surface area contributed by atoms with Crippen molar-refractivity contribution in [3.63, 3.8) is 0 Å². The number of hydrogen-bond acceptors (Lipinski definition) is 7. The molecule has 7 nitrogen and oxygen atoms in total. The maximum Gasteiger partial charge on any atom is 0.401 e. The predicted octanol–water partition coefficient (Wildman–Crippen LogP) is 2.08. The van der Waals surface area contributed by atoms with Crippen molar-refractivity contribution in [2.75, 3.05) is 33.4 Å². The van der Waals surface area contributed by atoms with Gasteiger partial charge in [-0.3, -0.25) is 4.90 Å². The van der Waals surface area contributed by atoms with Crippen LogP contribution >= 0.6 is 0 Å². The number of pyridine rings is 1. The minimum absolute atomic E-state index is 0.0668. The van der Waals surface area contributed by atoms with Crippen molar-refractivity contribution < 1.29 is 27.2 Å². The standard InChI is InChI=1S/C14H15F3N4O3/c1-22-11-6-9(2-3-18-11)12-19-13(24-20-12)10-7-23-5-4-21(10)8-14(15,16)17/h2-3,6,10H,4-5,7-8H2,1H3. The highest BCUT2D eigenvalue weighted by atomic mass is 19.4. The SMILES string of the molecule is COc1cc(-c2noc(C3COCCN3CC(F)(F)F)n2)ccn1. The van der Waals surface area contributed by atoms with Crippen LogP contribution in [0.5, 0.6) is 5.88 Å². The maximum absolute atomic E-state index is 12.7. The molecule has 1 aliphatic rings. The monoisotopic (exact) mass is 344 g/mol. The molecule has 3 rings (SSSR count). The van der Waals surface area contributed by atoms with E-state index >= 15 is 0 Å². The van der Waals surface area contributed by atoms with Crippen LogP contribution in [0, 0.1) is 0 Å². The average Bonchev–Trinajstić information content (AvgIpc) is 3.04. The van der Waals surface area contributed by atoms with E-state index in [1.807, 2.05) is 0 Å². The Morgan fingerprint density at radius 1 is 1.42 bits per heavy atom.